The van der Waals surface area contributed by atoms with E-state index < -0.39 is 11.5 Å². The van der Waals surface area contributed by atoms with Gasteiger partial charge in [0, 0.05) is 5.69 Å². The number of aliphatic carboxylic acids is 1. The van der Waals surface area contributed by atoms with Gasteiger partial charge in [-0.1, -0.05) is 18.2 Å². The molecule has 4 heteroatoms. The first kappa shape index (κ1) is 11.0. The molecule has 0 unspecified atom stereocenters. The molecule has 0 bridgehead atoms. The Morgan fingerprint density at radius 2 is 1.88 bits per heavy atom. The van der Waals surface area contributed by atoms with Crippen molar-refractivity contribution in [1.29, 1.82) is 0 Å². The summed E-state index contributed by atoms with van der Waals surface area (Å²) in [4.78, 5) is 11.4. The van der Waals surface area contributed by atoms with Crippen LogP contribution in [0.15, 0.2) is 30.3 Å². The van der Waals surface area contributed by atoms with Crippen molar-refractivity contribution in [2.24, 2.45) is 0 Å². The van der Waals surface area contributed by atoms with Crippen molar-refractivity contribution in [2.75, 3.05) is 18.4 Å². The molecule has 0 aliphatic carbocycles. The summed E-state index contributed by atoms with van der Waals surface area (Å²) in [5.41, 5.74) is 0.0545. The van der Waals surface area contributed by atoms with Gasteiger partial charge in [0.05, 0.1) is 0 Å². The molecular formula is C12H16N2O2. The van der Waals surface area contributed by atoms with Crippen molar-refractivity contribution in [3.8, 4) is 0 Å². The van der Waals surface area contributed by atoms with Crippen LogP contribution in [0.2, 0.25) is 0 Å². The number of carbonyl (C=O) groups is 1. The summed E-state index contributed by atoms with van der Waals surface area (Å²) >= 11 is 0. The van der Waals surface area contributed by atoms with Gasteiger partial charge in [0.25, 0.3) is 0 Å². The summed E-state index contributed by atoms with van der Waals surface area (Å²) in [6.07, 6.45) is 1.22. The number of benzene rings is 1. The Kier molecular flexibility index (Phi) is 3.10. The van der Waals surface area contributed by atoms with Gasteiger partial charge < -0.3 is 15.7 Å². The fourth-order valence-electron chi connectivity index (χ4n) is 2.04. The third-order valence-electron chi connectivity index (χ3n) is 3.02. The predicted octanol–water partition coefficient (Wildman–Crippen LogP) is 1.31. The minimum absolute atomic E-state index is 0.608. The normalized spacial score (nSPS) is 19.0. The van der Waals surface area contributed by atoms with E-state index in [1.165, 1.54) is 0 Å². The van der Waals surface area contributed by atoms with Crippen molar-refractivity contribution in [2.45, 2.75) is 18.4 Å². The van der Waals surface area contributed by atoms with Gasteiger partial charge in [-0.15, -0.1) is 0 Å². The molecule has 0 atom stereocenters. The van der Waals surface area contributed by atoms with Gasteiger partial charge in [0.2, 0.25) is 0 Å². The molecule has 2 rings (SSSR count). The van der Waals surface area contributed by atoms with E-state index in [0.29, 0.717) is 12.8 Å². The van der Waals surface area contributed by atoms with E-state index >= 15 is 0 Å². The molecule has 4 nitrogen and oxygen atoms in total. The first-order chi connectivity index (χ1) is 7.73. The number of carboxylic acid groups (broad SMARTS) is 1. The van der Waals surface area contributed by atoms with Crippen LogP contribution in [0.25, 0.3) is 0 Å². The van der Waals surface area contributed by atoms with Crippen LogP contribution in [0, 0.1) is 0 Å². The zero-order valence-corrected chi connectivity index (χ0v) is 9.07. The Hall–Kier alpha value is -1.55. The standard InChI is InChI=1S/C12H16N2O2/c15-11(16)12(6-8-13-9-7-12)14-10-4-2-1-3-5-10/h1-5,13-14H,6-9H2,(H,15,16). The van der Waals surface area contributed by atoms with E-state index in [1.54, 1.807) is 0 Å². The summed E-state index contributed by atoms with van der Waals surface area (Å²) in [5.74, 6) is -0.766. The zero-order valence-electron chi connectivity index (χ0n) is 9.07. The lowest BCUT2D eigenvalue weighted by Crippen LogP contribution is -2.53. The van der Waals surface area contributed by atoms with Gasteiger partial charge in [0.1, 0.15) is 5.54 Å². The molecule has 0 radical (unpaired) electrons. The maximum Gasteiger partial charge on any atom is 0.329 e. The number of hydrogen-bond donors (Lipinski definition) is 3. The van der Waals surface area contributed by atoms with E-state index in [2.05, 4.69) is 10.6 Å². The minimum atomic E-state index is -0.813. The van der Waals surface area contributed by atoms with Crippen LogP contribution in [0.1, 0.15) is 12.8 Å². The maximum atomic E-state index is 11.4. The Morgan fingerprint density at radius 1 is 1.25 bits per heavy atom. The van der Waals surface area contributed by atoms with Crippen LogP contribution < -0.4 is 10.6 Å². The van der Waals surface area contributed by atoms with Crippen LogP contribution in [-0.2, 0) is 4.79 Å². The molecule has 16 heavy (non-hydrogen) atoms. The Balaban J connectivity index is 2.17. The average Bonchev–Trinajstić information content (AvgIpc) is 2.31. The lowest BCUT2D eigenvalue weighted by atomic mass is 9.88. The molecule has 1 aliphatic rings. The summed E-state index contributed by atoms with van der Waals surface area (Å²) in [6, 6.07) is 9.51. The fourth-order valence-corrected chi connectivity index (χ4v) is 2.04. The summed E-state index contributed by atoms with van der Waals surface area (Å²) in [6.45, 7) is 1.48. The van der Waals surface area contributed by atoms with Crippen molar-refractivity contribution >= 4 is 11.7 Å². The SMILES string of the molecule is O=C(O)C1(Nc2ccccc2)CCNCC1. The Bertz CT molecular complexity index is 359. The van der Waals surface area contributed by atoms with Gasteiger partial charge in [0.15, 0.2) is 0 Å². The highest BCUT2D eigenvalue weighted by molar-refractivity contribution is 5.83. The number of hydrogen-bond acceptors (Lipinski definition) is 3. The first-order valence-corrected chi connectivity index (χ1v) is 5.50. The highest BCUT2D eigenvalue weighted by Crippen LogP contribution is 2.24. The Labute approximate surface area is 94.7 Å². The molecule has 3 N–H and O–H groups in total. The Morgan fingerprint density at radius 3 is 2.44 bits per heavy atom. The van der Waals surface area contributed by atoms with E-state index in [1.807, 2.05) is 30.3 Å². The monoisotopic (exact) mass is 220 g/mol. The smallest absolute Gasteiger partial charge is 0.329 e. The second-order valence-corrected chi connectivity index (χ2v) is 4.13. The summed E-state index contributed by atoms with van der Waals surface area (Å²) < 4.78 is 0. The molecule has 1 aliphatic heterocycles. The fraction of sp³-hybridized carbons (Fsp3) is 0.417. The van der Waals surface area contributed by atoms with Crippen molar-refractivity contribution in [3.05, 3.63) is 30.3 Å². The van der Waals surface area contributed by atoms with E-state index in [4.69, 9.17) is 0 Å². The van der Waals surface area contributed by atoms with Crippen LogP contribution in [0.3, 0.4) is 0 Å². The molecule has 1 fully saturated rings. The number of para-hydroxylation sites is 1. The van der Waals surface area contributed by atoms with Crippen molar-refractivity contribution < 1.29 is 9.90 Å². The van der Waals surface area contributed by atoms with Gasteiger partial charge in [-0.2, -0.15) is 0 Å². The van der Waals surface area contributed by atoms with Crippen molar-refractivity contribution in [1.82, 2.24) is 5.32 Å². The van der Waals surface area contributed by atoms with Crippen LogP contribution in [0.4, 0.5) is 5.69 Å². The molecule has 1 aromatic carbocycles. The molecule has 86 valence electrons. The predicted molar refractivity (Wildman–Crippen MR) is 62.5 cm³/mol. The molecule has 1 saturated heterocycles. The number of anilines is 1. The molecule has 0 amide bonds. The van der Waals surface area contributed by atoms with E-state index in [0.717, 1.165) is 18.8 Å². The minimum Gasteiger partial charge on any atom is -0.480 e. The third-order valence-corrected chi connectivity index (χ3v) is 3.02. The number of piperidine rings is 1. The van der Waals surface area contributed by atoms with Crippen LogP contribution in [0.5, 0.6) is 0 Å². The highest BCUT2D eigenvalue weighted by Gasteiger charge is 2.39. The number of rotatable bonds is 3. The molecule has 0 aromatic heterocycles. The molecule has 1 heterocycles. The van der Waals surface area contributed by atoms with Crippen LogP contribution >= 0.6 is 0 Å². The number of carboxylic acids is 1. The summed E-state index contributed by atoms with van der Waals surface area (Å²) in [7, 11) is 0. The second-order valence-electron chi connectivity index (χ2n) is 4.13. The molecule has 1 aromatic rings. The molecule has 0 saturated carbocycles. The number of nitrogens with one attached hydrogen (secondary N) is 2. The lowest BCUT2D eigenvalue weighted by Gasteiger charge is -2.35. The van der Waals surface area contributed by atoms with Gasteiger partial charge in [-0.05, 0) is 38.1 Å². The van der Waals surface area contributed by atoms with E-state index in [-0.39, 0.29) is 0 Å². The third kappa shape index (κ3) is 2.17. The summed E-state index contributed by atoms with van der Waals surface area (Å²) in [5, 5.41) is 15.7. The van der Waals surface area contributed by atoms with Crippen molar-refractivity contribution in [3.63, 3.8) is 0 Å². The second kappa shape index (κ2) is 4.53. The van der Waals surface area contributed by atoms with Crippen LogP contribution in [-0.4, -0.2) is 29.7 Å². The topological polar surface area (TPSA) is 61.4 Å². The largest absolute Gasteiger partial charge is 0.480 e. The lowest BCUT2D eigenvalue weighted by molar-refractivity contribution is -0.143. The van der Waals surface area contributed by atoms with E-state index in [9.17, 15) is 9.90 Å². The van der Waals surface area contributed by atoms with Gasteiger partial charge in [-0.25, -0.2) is 4.79 Å². The van der Waals surface area contributed by atoms with Gasteiger partial charge in [-0.3, -0.25) is 0 Å². The molecule has 0 spiro atoms. The molecular weight excluding hydrogens is 204 g/mol. The average molecular weight is 220 g/mol. The first-order valence-electron chi connectivity index (χ1n) is 5.50. The highest BCUT2D eigenvalue weighted by atomic mass is 16.4. The zero-order chi connectivity index (χ0) is 11.4. The maximum absolute atomic E-state index is 11.4. The quantitative estimate of drug-likeness (QED) is 0.718. The van der Waals surface area contributed by atoms with Gasteiger partial charge >= 0.3 is 5.97 Å².